The zero-order valence-electron chi connectivity index (χ0n) is 20.3. The third-order valence-corrected chi connectivity index (χ3v) is 8.93. The van der Waals surface area contributed by atoms with Gasteiger partial charge in [-0.25, -0.2) is 29.3 Å². The molecule has 1 unspecified atom stereocenters. The third kappa shape index (κ3) is 3.87. The van der Waals surface area contributed by atoms with Crippen LogP contribution < -0.4 is 10.2 Å². The molecule has 3 aromatic heterocycles. The fraction of sp³-hybridized carbons (Fsp3) is 0.478. The van der Waals surface area contributed by atoms with Crippen LogP contribution in [-0.4, -0.2) is 72.9 Å². The molecule has 0 amide bonds. The van der Waals surface area contributed by atoms with E-state index >= 15 is 0 Å². The average Bonchev–Trinajstić information content (AvgIpc) is 3.49. The van der Waals surface area contributed by atoms with Gasteiger partial charge in [0.25, 0.3) is 0 Å². The van der Waals surface area contributed by atoms with Crippen LogP contribution in [0.2, 0.25) is 5.02 Å². The summed E-state index contributed by atoms with van der Waals surface area (Å²) < 4.78 is 25.1. The van der Waals surface area contributed by atoms with Gasteiger partial charge >= 0.3 is 6.09 Å². The molecule has 0 radical (unpaired) electrons. The summed E-state index contributed by atoms with van der Waals surface area (Å²) in [7, 11) is 1.74. The highest BCUT2D eigenvalue weighted by atomic mass is 35.5. The molecule has 1 atom stereocenters. The number of carbonyl (C=O) groups excluding carboxylic acids is 1. The van der Waals surface area contributed by atoms with Crippen molar-refractivity contribution in [1.82, 2.24) is 29.5 Å². The minimum atomic E-state index is -1.22. The lowest BCUT2D eigenvalue weighted by Gasteiger charge is -2.48. The Bertz CT molecular complexity index is 1390. The second-order valence-electron chi connectivity index (χ2n) is 9.38. The number of carbonyl (C=O) groups is 1. The highest BCUT2D eigenvalue weighted by Crippen LogP contribution is 2.45. The number of imidazole rings is 1. The van der Waals surface area contributed by atoms with Crippen LogP contribution in [0.5, 0.6) is 0 Å². The quantitative estimate of drug-likeness (QED) is 0.489. The van der Waals surface area contributed by atoms with Gasteiger partial charge < -0.3 is 19.7 Å². The number of ether oxygens (including phenoxy) is 2. The van der Waals surface area contributed by atoms with E-state index in [0.29, 0.717) is 58.6 Å². The second kappa shape index (κ2) is 8.99. The van der Waals surface area contributed by atoms with Gasteiger partial charge in [0.05, 0.1) is 47.3 Å². The molecule has 0 bridgehead atoms. The molecule has 37 heavy (non-hydrogen) atoms. The number of hydrogen-bond acceptors (Lipinski definition) is 11. The Hall–Kier alpha value is -3.16. The number of rotatable bonds is 6. The Balaban J connectivity index is 1.33. The molecule has 14 heteroatoms. The van der Waals surface area contributed by atoms with Crippen LogP contribution in [0.1, 0.15) is 36.6 Å². The Labute approximate surface area is 220 Å². The number of aryl methyl sites for hydroxylation is 1. The summed E-state index contributed by atoms with van der Waals surface area (Å²) in [6.45, 7) is 0.897. The first-order valence-electron chi connectivity index (χ1n) is 11.9. The summed E-state index contributed by atoms with van der Waals surface area (Å²) >= 11 is 5.96. The molecular formula is C23H25ClN8O4S. The topological polar surface area (TPSA) is 137 Å². The minimum absolute atomic E-state index is 0.449. The van der Waals surface area contributed by atoms with Crippen molar-refractivity contribution in [2.45, 2.75) is 41.7 Å². The summed E-state index contributed by atoms with van der Waals surface area (Å²) in [6, 6.07) is 0. The molecular weight excluding hydrogens is 520 g/mol. The lowest BCUT2D eigenvalue weighted by Crippen LogP contribution is -2.62. The number of methoxy groups -OCH3 is 2. The van der Waals surface area contributed by atoms with E-state index in [2.05, 4.69) is 20.3 Å². The van der Waals surface area contributed by atoms with E-state index in [1.54, 1.807) is 31.9 Å². The van der Waals surface area contributed by atoms with E-state index in [1.165, 1.54) is 11.7 Å². The Morgan fingerprint density at radius 2 is 1.92 bits per heavy atom. The molecule has 1 N–H and O–H groups in total. The number of aromatic nitrogens is 6. The summed E-state index contributed by atoms with van der Waals surface area (Å²) in [5.41, 5.74) is -0.579. The van der Waals surface area contributed by atoms with Gasteiger partial charge in [0, 0.05) is 44.1 Å². The maximum absolute atomic E-state index is 12.9. The van der Waals surface area contributed by atoms with E-state index in [0.717, 1.165) is 25.0 Å². The van der Waals surface area contributed by atoms with Crippen molar-refractivity contribution in [3.63, 3.8) is 0 Å². The van der Waals surface area contributed by atoms with Crippen LogP contribution >= 0.6 is 11.6 Å². The number of hydrogen-bond donors (Lipinski definition) is 1. The van der Waals surface area contributed by atoms with Crippen LogP contribution in [0.15, 0.2) is 29.7 Å². The summed E-state index contributed by atoms with van der Waals surface area (Å²) in [5.74, 6) is 2.59. The van der Waals surface area contributed by atoms with Crippen LogP contribution in [0.3, 0.4) is 0 Å². The molecule has 0 spiro atoms. The number of fused-ring (bicyclic) bond motifs is 1. The summed E-state index contributed by atoms with van der Waals surface area (Å²) in [6.07, 6.45) is 8.77. The van der Waals surface area contributed by atoms with Crippen molar-refractivity contribution in [2.75, 3.05) is 43.3 Å². The van der Waals surface area contributed by atoms with Crippen LogP contribution in [0, 0.1) is 0 Å². The van der Waals surface area contributed by atoms with Crippen molar-refractivity contribution >= 4 is 40.3 Å². The molecule has 194 valence electrons. The number of nitrogens with zero attached hydrogens (tertiary/aromatic N) is 7. The van der Waals surface area contributed by atoms with Crippen molar-refractivity contribution in [3.8, 4) is 0 Å². The molecule has 1 saturated carbocycles. The average molecular weight is 545 g/mol. The molecule has 2 fully saturated rings. The highest BCUT2D eigenvalue weighted by Gasteiger charge is 2.50. The Kier molecular flexibility index (Phi) is 5.88. The first-order valence-corrected chi connectivity index (χ1v) is 13.6. The SMILES string of the molecule is COC(=O)n1ccnc1C1(Nc2nc(N3CC(OC)(c4ncc(Cl)cn4)C3)nc3c2S(=O)CC3)CCC1. The molecule has 1 aliphatic carbocycles. The first-order chi connectivity index (χ1) is 17.9. The fourth-order valence-electron chi connectivity index (χ4n) is 5.10. The second-order valence-corrected chi connectivity index (χ2v) is 11.3. The van der Waals surface area contributed by atoms with Gasteiger partial charge in [-0.05, 0) is 19.3 Å². The van der Waals surface area contributed by atoms with Crippen molar-refractivity contribution < 1.29 is 18.5 Å². The summed E-state index contributed by atoms with van der Waals surface area (Å²) in [5, 5.41) is 3.98. The molecule has 12 nitrogen and oxygen atoms in total. The maximum Gasteiger partial charge on any atom is 0.419 e. The molecule has 1 saturated heterocycles. The molecule has 2 aliphatic heterocycles. The highest BCUT2D eigenvalue weighted by molar-refractivity contribution is 7.85. The monoisotopic (exact) mass is 544 g/mol. The van der Waals surface area contributed by atoms with E-state index in [4.69, 9.17) is 31.0 Å². The molecule has 3 aliphatic rings. The normalized spacial score (nSPS) is 21.1. The van der Waals surface area contributed by atoms with Crippen molar-refractivity contribution in [3.05, 3.63) is 47.2 Å². The Morgan fingerprint density at radius 1 is 1.16 bits per heavy atom. The van der Waals surface area contributed by atoms with Crippen LogP contribution in [0.25, 0.3) is 0 Å². The lowest BCUT2D eigenvalue weighted by atomic mass is 9.76. The van der Waals surface area contributed by atoms with Gasteiger partial charge in [0.15, 0.2) is 11.4 Å². The van der Waals surface area contributed by atoms with Gasteiger partial charge in [-0.3, -0.25) is 4.21 Å². The standard InChI is InChI=1S/C23H25ClN8O4S/c1-35-21(33)32-8-7-25-19(32)22(5-3-6-22)30-17-16-15(4-9-37(16)34)28-20(29-17)31-12-23(13-31,36-2)18-26-10-14(24)11-27-18/h7-8,10-11H,3-6,9,12-13H2,1-2H3,(H,28,29,30). The predicted molar refractivity (Wildman–Crippen MR) is 134 cm³/mol. The van der Waals surface area contributed by atoms with E-state index in [9.17, 15) is 9.00 Å². The van der Waals surface area contributed by atoms with Gasteiger partial charge in [0.2, 0.25) is 5.95 Å². The van der Waals surface area contributed by atoms with Crippen LogP contribution in [-0.2, 0) is 37.8 Å². The lowest BCUT2D eigenvalue weighted by molar-refractivity contribution is -0.0461. The van der Waals surface area contributed by atoms with E-state index in [-0.39, 0.29) is 0 Å². The van der Waals surface area contributed by atoms with Crippen molar-refractivity contribution in [2.24, 2.45) is 0 Å². The largest absolute Gasteiger partial charge is 0.452 e. The van der Waals surface area contributed by atoms with Gasteiger partial charge in [-0.1, -0.05) is 11.6 Å². The van der Waals surface area contributed by atoms with Gasteiger partial charge in [-0.2, -0.15) is 4.98 Å². The number of anilines is 2. The summed E-state index contributed by atoms with van der Waals surface area (Å²) in [4.78, 5) is 37.7. The molecule has 5 heterocycles. The molecule has 3 aromatic rings. The maximum atomic E-state index is 12.9. The molecule has 6 rings (SSSR count). The van der Waals surface area contributed by atoms with Gasteiger partial charge in [-0.15, -0.1) is 0 Å². The van der Waals surface area contributed by atoms with E-state index in [1.807, 2.05) is 4.90 Å². The van der Waals surface area contributed by atoms with Crippen LogP contribution in [0.4, 0.5) is 16.6 Å². The number of halogens is 1. The van der Waals surface area contributed by atoms with E-state index < -0.39 is 28.0 Å². The Morgan fingerprint density at radius 3 is 2.57 bits per heavy atom. The molecule has 0 aromatic carbocycles. The first kappa shape index (κ1) is 24.2. The zero-order valence-corrected chi connectivity index (χ0v) is 21.9. The zero-order chi connectivity index (χ0) is 25.8. The van der Waals surface area contributed by atoms with Crippen molar-refractivity contribution in [1.29, 1.82) is 0 Å². The predicted octanol–water partition coefficient (Wildman–Crippen LogP) is 2.25. The van der Waals surface area contributed by atoms with Gasteiger partial charge in [0.1, 0.15) is 16.5 Å². The number of nitrogens with one attached hydrogen (secondary N) is 1. The third-order valence-electron chi connectivity index (χ3n) is 7.27. The smallest absolute Gasteiger partial charge is 0.419 e. The fourth-order valence-corrected chi connectivity index (χ4v) is 6.50. The minimum Gasteiger partial charge on any atom is -0.452 e.